The van der Waals surface area contributed by atoms with E-state index in [4.69, 9.17) is 10.5 Å². The lowest BCUT2D eigenvalue weighted by Crippen LogP contribution is -2.28. The average Bonchev–Trinajstić information content (AvgIpc) is 2.45. The number of phenolic OH excluding ortho intramolecular Hbond substituents is 1. The topological polar surface area (TPSA) is 55.5 Å². The van der Waals surface area contributed by atoms with E-state index in [1.807, 2.05) is 30.3 Å². The van der Waals surface area contributed by atoms with Gasteiger partial charge in [-0.05, 0) is 17.7 Å². The third-order valence-corrected chi connectivity index (χ3v) is 2.94. The van der Waals surface area contributed by atoms with Crippen molar-refractivity contribution < 1.29 is 23.0 Å². The van der Waals surface area contributed by atoms with Crippen molar-refractivity contribution >= 4 is 12.4 Å². The fourth-order valence-corrected chi connectivity index (χ4v) is 1.79. The molecule has 0 aromatic heterocycles. The molecule has 0 aliphatic heterocycles. The number of aromatic hydroxyl groups is 1. The third-order valence-electron chi connectivity index (χ3n) is 2.94. The van der Waals surface area contributed by atoms with Gasteiger partial charge in [-0.25, -0.2) is 0 Å². The van der Waals surface area contributed by atoms with Crippen LogP contribution < -0.4 is 10.5 Å². The number of halogens is 4. The molecule has 0 bridgehead atoms. The Morgan fingerprint density at radius 2 is 1.73 bits per heavy atom. The summed E-state index contributed by atoms with van der Waals surface area (Å²) in [6.45, 7) is 0.255. The highest BCUT2D eigenvalue weighted by Crippen LogP contribution is 2.36. The Hall–Kier alpha value is -1.92. The van der Waals surface area contributed by atoms with Crippen LogP contribution in [-0.2, 0) is 6.61 Å². The molecule has 0 unspecified atom stereocenters. The van der Waals surface area contributed by atoms with Crippen LogP contribution in [0.25, 0.3) is 0 Å². The Bertz CT molecular complexity index is 605. The number of benzene rings is 2. The highest BCUT2D eigenvalue weighted by Gasteiger charge is 2.39. The SMILES string of the molecule is Cl.N[C@H](c1ccc(OCc2ccccc2)cc1O)C(F)(F)F. The molecule has 0 saturated heterocycles. The molecule has 0 aliphatic carbocycles. The molecule has 2 aromatic rings. The molecule has 2 aromatic carbocycles. The molecule has 120 valence electrons. The maximum Gasteiger partial charge on any atom is 0.407 e. The maximum atomic E-state index is 12.5. The van der Waals surface area contributed by atoms with Crippen molar-refractivity contribution in [3.8, 4) is 11.5 Å². The molecular formula is C15H15ClF3NO2. The van der Waals surface area contributed by atoms with Gasteiger partial charge in [0.25, 0.3) is 0 Å². The highest BCUT2D eigenvalue weighted by molar-refractivity contribution is 5.85. The van der Waals surface area contributed by atoms with Gasteiger partial charge in [-0.2, -0.15) is 13.2 Å². The molecule has 1 atom stereocenters. The largest absolute Gasteiger partial charge is 0.507 e. The van der Waals surface area contributed by atoms with Crippen LogP contribution in [0.1, 0.15) is 17.2 Å². The number of rotatable bonds is 4. The highest BCUT2D eigenvalue weighted by atomic mass is 35.5. The first-order valence-corrected chi connectivity index (χ1v) is 6.20. The van der Waals surface area contributed by atoms with E-state index in [1.54, 1.807) is 0 Å². The van der Waals surface area contributed by atoms with E-state index >= 15 is 0 Å². The van der Waals surface area contributed by atoms with Gasteiger partial charge in [-0.15, -0.1) is 12.4 Å². The van der Waals surface area contributed by atoms with Crippen molar-refractivity contribution in [3.63, 3.8) is 0 Å². The molecule has 22 heavy (non-hydrogen) atoms. The van der Waals surface area contributed by atoms with E-state index in [1.165, 1.54) is 6.07 Å². The zero-order valence-electron chi connectivity index (χ0n) is 11.4. The number of phenols is 1. The average molecular weight is 334 g/mol. The van der Waals surface area contributed by atoms with Gasteiger partial charge in [0.15, 0.2) is 0 Å². The standard InChI is InChI=1S/C15H14F3NO2.ClH/c16-15(17,18)14(19)12-7-6-11(8-13(12)20)21-9-10-4-2-1-3-5-10;/h1-8,14,20H,9,19H2;1H/t14-;/m1./s1. The molecule has 0 saturated carbocycles. The lowest BCUT2D eigenvalue weighted by Gasteiger charge is -2.17. The van der Waals surface area contributed by atoms with Crippen molar-refractivity contribution in [1.82, 2.24) is 0 Å². The van der Waals surface area contributed by atoms with Crippen molar-refractivity contribution in [2.75, 3.05) is 0 Å². The van der Waals surface area contributed by atoms with Crippen LogP contribution in [0.2, 0.25) is 0 Å². The van der Waals surface area contributed by atoms with Crippen LogP contribution in [0, 0.1) is 0 Å². The van der Waals surface area contributed by atoms with Crippen molar-refractivity contribution in [2.45, 2.75) is 18.8 Å². The Kier molecular flexibility index (Phi) is 6.08. The second-order valence-electron chi connectivity index (χ2n) is 4.51. The van der Waals surface area contributed by atoms with E-state index < -0.39 is 18.0 Å². The molecule has 2 rings (SSSR count). The van der Waals surface area contributed by atoms with Crippen LogP contribution >= 0.6 is 12.4 Å². The number of ether oxygens (including phenoxy) is 1. The minimum atomic E-state index is -4.61. The predicted octanol–water partition coefficient (Wildman–Crippen LogP) is 3.96. The van der Waals surface area contributed by atoms with Gasteiger partial charge >= 0.3 is 6.18 Å². The zero-order valence-corrected chi connectivity index (χ0v) is 12.2. The van der Waals surface area contributed by atoms with Crippen LogP contribution in [0.15, 0.2) is 48.5 Å². The Balaban J connectivity index is 0.00000242. The van der Waals surface area contributed by atoms with Crippen molar-refractivity contribution in [2.24, 2.45) is 5.73 Å². The molecule has 0 spiro atoms. The van der Waals surface area contributed by atoms with Gasteiger partial charge in [0.1, 0.15) is 24.1 Å². The van der Waals surface area contributed by atoms with Gasteiger partial charge in [0.2, 0.25) is 0 Å². The van der Waals surface area contributed by atoms with Crippen molar-refractivity contribution in [1.29, 1.82) is 0 Å². The van der Waals surface area contributed by atoms with Crippen LogP contribution in [0.4, 0.5) is 13.2 Å². The fraction of sp³-hybridized carbons (Fsp3) is 0.200. The second kappa shape index (κ2) is 7.38. The predicted molar refractivity (Wildman–Crippen MR) is 79.1 cm³/mol. The molecular weight excluding hydrogens is 319 g/mol. The first kappa shape index (κ1) is 18.1. The molecule has 0 heterocycles. The summed E-state index contributed by atoms with van der Waals surface area (Å²) in [5.41, 5.74) is 5.59. The van der Waals surface area contributed by atoms with Crippen LogP contribution in [0.3, 0.4) is 0 Å². The molecule has 0 radical (unpaired) electrons. The van der Waals surface area contributed by atoms with Crippen LogP contribution in [0.5, 0.6) is 11.5 Å². The number of hydrogen-bond acceptors (Lipinski definition) is 3. The molecule has 0 amide bonds. The minimum absolute atomic E-state index is 0. The minimum Gasteiger partial charge on any atom is -0.507 e. The lowest BCUT2D eigenvalue weighted by molar-refractivity contribution is -0.149. The molecule has 3 nitrogen and oxygen atoms in total. The second-order valence-corrected chi connectivity index (χ2v) is 4.51. The monoisotopic (exact) mass is 333 g/mol. The fourth-order valence-electron chi connectivity index (χ4n) is 1.79. The van der Waals surface area contributed by atoms with Gasteiger partial charge in [-0.3, -0.25) is 0 Å². The Morgan fingerprint density at radius 3 is 2.27 bits per heavy atom. The molecule has 3 N–H and O–H groups in total. The smallest absolute Gasteiger partial charge is 0.407 e. The first-order chi connectivity index (χ1) is 9.88. The molecule has 0 fully saturated rings. The summed E-state index contributed by atoms with van der Waals surface area (Å²) in [6, 6.07) is 10.6. The lowest BCUT2D eigenvalue weighted by atomic mass is 10.1. The van der Waals surface area contributed by atoms with E-state index in [-0.39, 0.29) is 30.3 Å². The van der Waals surface area contributed by atoms with E-state index in [9.17, 15) is 18.3 Å². The summed E-state index contributed by atoms with van der Waals surface area (Å²) >= 11 is 0. The summed E-state index contributed by atoms with van der Waals surface area (Å²) in [6.07, 6.45) is -4.61. The van der Waals surface area contributed by atoms with Gasteiger partial charge in [0.05, 0.1) is 0 Å². The Morgan fingerprint density at radius 1 is 1.09 bits per heavy atom. The first-order valence-electron chi connectivity index (χ1n) is 6.20. The van der Waals surface area contributed by atoms with Gasteiger partial charge in [0, 0.05) is 11.6 Å². The third kappa shape index (κ3) is 4.54. The van der Waals surface area contributed by atoms with Gasteiger partial charge in [-0.1, -0.05) is 30.3 Å². The molecule has 7 heteroatoms. The summed E-state index contributed by atoms with van der Waals surface area (Å²) in [4.78, 5) is 0. The van der Waals surface area contributed by atoms with E-state index in [0.717, 1.165) is 17.7 Å². The Labute approximate surface area is 131 Å². The number of hydrogen-bond donors (Lipinski definition) is 2. The molecule has 0 aliphatic rings. The quantitative estimate of drug-likeness (QED) is 0.890. The summed E-state index contributed by atoms with van der Waals surface area (Å²) < 4.78 is 43.0. The van der Waals surface area contributed by atoms with E-state index in [0.29, 0.717) is 0 Å². The van der Waals surface area contributed by atoms with Gasteiger partial charge < -0.3 is 15.6 Å². The summed E-state index contributed by atoms with van der Waals surface area (Å²) in [7, 11) is 0. The maximum absolute atomic E-state index is 12.5. The van der Waals surface area contributed by atoms with Crippen LogP contribution in [-0.4, -0.2) is 11.3 Å². The zero-order chi connectivity index (χ0) is 15.5. The number of alkyl halides is 3. The normalized spacial score (nSPS) is 12.4. The van der Waals surface area contributed by atoms with Crippen molar-refractivity contribution in [3.05, 3.63) is 59.7 Å². The van der Waals surface area contributed by atoms with E-state index in [2.05, 4.69) is 0 Å². The summed E-state index contributed by atoms with van der Waals surface area (Å²) in [5, 5.41) is 9.66. The number of nitrogens with two attached hydrogens (primary N) is 1. The summed E-state index contributed by atoms with van der Waals surface area (Å²) in [5.74, 6) is -0.264.